The van der Waals surface area contributed by atoms with E-state index in [1.807, 2.05) is 0 Å². The van der Waals surface area contributed by atoms with Gasteiger partial charge in [-0.15, -0.1) is 0 Å². The summed E-state index contributed by atoms with van der Waals surface area (Å²) < 4.78 is 0. The maximum atomic E-state index is 2.52. The van der Waals surface area contributed by atoms with E-state index >= 15 is 0 Å². The Bertz CT molecular complexity index is 226. The van der Waals surface area contributed by atoms with Crippen molar-refractivity contribution in [1.82, 2.24) is 0 Å². The molecule has 1 aliphatic rings. The Balaban J connectivity index is 2.65. The molecule has 0 spiro atoms. The van der Waals surface area contributed by atoms with Gasteiger partial charge in [0.1, 0.15) is 0 Å². The van der Waals surface area contributed by atoms with Crippen LogP contribution in [0.3, 0.4) is 0 Å². The fraction of sp³-hybridized carbons (Fsp3) is 0.733. The molecule has 0 aliphatic heterocycles. The lowest BCUT2D eigenvalue weighted by Gasteiger charge is -2.17. The molecule has 0 radical (unpaired) electrons. The normalized spacial score (nSPS) is 20.4. The summed E-state index contributed by atoms with van der Waals surface area (Å²) in [6.07, 6.45) is 12.5. The predicted octanol–water partition coefficient (Wildman–Crippen LogP) is 4.97. The van der Waals surface area contributed by atoms with Gasteiger partial charge in [0.15, 0.2) is 0 Å². The highest BCUT2D eigenvalue weighted by Crippen LogP contribution is 2.32. The summed E-state index contributed by atoms with van der Waals surface area (Å²) in [5.41, 5.74) is 1.59. The zero-order valence-electron chi connectivity index (χ0n) is 10.8. The highest BCUT2D eigenvalue weighted by Gasteiger charge is 2.20. The van der Waals surface area contributed by atoms with Crippen LogP contribution < -0.4 is 0 Å². The summed E-state index contributed by atoms with van der Waals surface area (Å²) >= 11 is 0. The van der Waals surface area contributed by atoms with Crippen LogP contribution in [0.15, 0.2) is 23.8 Å². The Morgan fingerprint density at radius 1 is 1.00 bits per heavy atom. The largest absolute Gasteiger partial charge is 0.0771 e. The van der Waals surface area contributed by atoms with Crippen LogP contribution in [0.1, 0.15) is 53.4 Å². The highest BCUT2D eigenvalue weighted by atomic mass is 14.2. The molecular formula is C15H26. The Morgan fingerprint density at radius 3 is 2.07 bits per heavy atom. The van der Waals surface area contributed by atoms with E-state index in [0.717, 1.165) is 17.8 Å². The first-order valence-corrected chi connectivity index (χ1v) is 6.66. The lowest BCUT2D eigenvalue weighted by atomic mass is 9.88. The molecule has 0 saturated carbocycles. The summed E-state index contributed by atoms with van der Waals surface area (Å²) in [7, 11) is 0. The van der Waals surface area contributed by atoms with E-state index in [0.29, 0.717) is 0 Å². The lowest BCUT2D eigenvalue weighted by Crippen LogP contribution is -2.07. The molecule has 0 fully saturated rings. The Labute approximate surface area is 95.5 Å². The molecule has 0 heterocycles. The lowest BCUT2D eigenvalue weighted by molar-refractivity contribution is 0.426. The molecule has 1 rings (SSSR count). The molecule has 0 nitrogen and oxygen atoms in total. The molecule has 1 atom stereocenters. The Morgan fingerprint density at radius 2 is 1.60 bits per heavy atom. The Kier molecular flexibility index (Phi) is 5.14. The van der Waals surface area contributed by atoms with Gasteiger partial charge in [0.2, 0.25) is 0 Å². The van der Waals surface area contributed by atoms with Crippen LogP contribution in [0, 0.1) is 17.8 Å². The van der Waals surface area contributed by atoms with Crippen LogP contribution in [0.5, 0.6) is 0 Å². The van der Waals surface area contributed by atoms with E-state index in [9.17, 15) is 0 Å². The van der Waals surface area contributed by atoms with Crippen molar-refractivity contribution in [2.75, 3.05) is 0 Å². The number of rotatable bonds is 6. The fourth-order valence-corrected chi connectivity index (χ4v) is 2.71. The molecule has 0 aromatic heterocycles. The van der Waals surface area contributed by atoms with Crippen LogP contribution in [0.2, 0.25) is 0 Å². The highest BCUT2D eigenvalue weighted by molar-refractivity contribution is 5.31. The van der Waals surface area contributed by atoms with Crippen molar-refractivity contribution in [1.29, 1.82) is 0 Å². The van der Waals surface area contributed by atoms with Crippen molar-refractivity contribution in [3.63, 3.8) is 0 Å². The SMILES string of the molecule is CCC(CC)C1=CC(C(CC)CC)C=C1. The van der Waals surface area contributed by atoms with E-state index in [4.69, 9.17) is 0 Å². The topological polar surface area (TPSA) is 0 Å². The second-order valence-electron chi connectivity index (χ2n) is 4.69. The van der Waals surface area contributed by atoms with E-state index < -0.39 is 0 Å². The zero-order valence-corrected chi connectivity index (χ0v) is 10.8. The van der Waals surface area contributed by atoms with E-state index in [1.165, 1.54) is 25.7 Å². The summed E-state index contributed by atoms with van der Waals surface area (Å²) in [6, 6.07) is 0. The molecule has 1 unspecified atom stereocenters. The number of hydrogen-bond acceptors (Lipinski definition) is 0. The monoisotopic (exact) mass is 206 g/mol. The molecule has 0 saturated heterocycles. The molecule has 0 aromatic carbocycles. The Hall–Kier alpha value is -0.520. The molecule has 0 amide bonds. The van der Waals surface area contributed by atoms with Crippen molar-refractivity contribution in [3.05, 3.63) is 23.8 Å². The summed E-state index contributed by atoms with van der Waals surface area (Å²) in [6.45, 7) is 9.22. The van der Waals surface area contributed by atoms with Crippen molar-refractivity contribution < 1.29 is 0 Å². The minimum Gasteiger partial charge on any atom is -0.0771 e. The van der Waals surface area contributed by atoms with Gasteiger partial charge in [-0.05, 0) is 36.2 Å². The third-order valence-electron chi connectivity index (χ3n) is 3.95. The van der Waals surface area contributed by atoms with Crippen LogP contribution in [-0.2, 0) is 0 Å². The van der Waals surface area contributed by atoms with Crippen LogP contribution >= 0.6 is 0 Å². The van der Waals surface area contributed by atoms with Gasteiger partial charge in [0.05, 0.1) is 0 Å². The van der Waals surface area contributed by atoms with Gasteiger partial charge in [0.25, 0.3) is 0 Å². The van der Waals surface area contributed by atoms with Gasteiger partial charge in [-0.25, -0.2) is 0 Å². The summed E-state index contributed by atoms with van der Waals surface area (Å²) in [5, 5.41) is 0. The minimum absolute atomic E-state index is 0.718. The number of allylic oxidation sites excluding steroid dienone is 4. The van der Waals surface area contributed by atoms with Crippen LogP contribution in [0.25, 0.3) is 0 Å². The van der Waals surface area contributed by atoms with Crippen LogP contribution in [0.4, 0.5) is 0 Å². The molecular weight excluding hydrogens is 180 g/mol. The molecule has 0 bridgehead atoms. The third-order valence-corrected chi connectivity index (χ3v) is 3.95. The van der Waals surface area contributed by atoms with Crippen LogP contribution in [-0.4, -0.2) is 0 Å². The van der Waals surface area contributed by atoms with Gasteiger partial charge in [-0.2, -0.15) is 0 Å². The second-order valence-corrected chi connectivity index (χ2v) is 4.69. The van der Waals surface area contributed by atoms with Gasteiger partial charge in [0, 0.05) is 0 Å². The van der Waals surface area contributed by atoms with Gasteiger partial charge in [-0.3, -0.25) is 0 Å². The van der Waals surface area contributed by atoms with Crippen molar-refractivity contribution in [2.24, 2.45) is 17.8 Å². The standard InChI is InChI=1S/C15H26/c1-5-12(6-2)14-9-10-15(11-14)13(7-3)8-4/h9-14H,5-8H2,1-4H3. The predicted molar refractivity (Wildman–Crippen MR) is 68.9 cm³/mol. The maximum absolute atomic E-state index is 2.52. The molecule has 86 valence electrons. The zero-order chi connectivity index (χ0) is 11.3. The maximum Gasteiger partial charge on any atom is -0.00163 e. The van der Waals surface area contributed by atoms with E-state index in [1.54, 1.807) is 5.57 Å². The quantitative estimate of drug-likeness (QED) is 0.575. The van der Waals surface area contributed by atoms with Gasteiger partial charge in [-0.1, -0.05) is 58.8 Å². The van der Waals surface area contributed by atoms with Gasteiger partial charge < -0.3 is 0 Å². The smallest absolute Gasteiger partial charge is 0.00163 e. The second kappa shape index (κ2) is 6.15. The van der Waals surface area contributed by atoms with Gasteiger partial charge >= 0.3 is 0 Å². The fourth-order valence-electron chi connectivity index (χ4n) is 2.71. The van der Waals surface area contributed by atoms with E-state index in [2.05, 4.69) is 45.9 Å². The summed E-state index contributed by atoms with van der Waals surface area (Å²) in [5.74, 6) is 2.37. The number of hydrogen-bond donors (Lipinski definition) is 0. The molecule has 1 aliphatic carbocycles. The first kappa shape index (κ1) is 12.5. The first-order chi connectivity index (χ1) is 7.26. The molecule has 0 aromatic rings. The first-order valence-electron chi connectivity index (χ1n) is 6.66. The van der Waals surface area contributed by atoms with Crippen molar-refractivity contribution in [3.8, 4) is 0 Å². The average molecular weight is 206 g/mol. The third kappa shape index (κ3) is 2.96. The molecule has 0 N–H and O–H groups in total. The van der Waals surface area contributed by atoms with E-state index in [-0.39, 0.29) is 0 Å². The summed E-state index contributed by atoms with van der Waals surface area (Å²) in [4.78, 5) is 0. The molecule has 0 heteroatoms. The minimum atomic E-state index is 0.718. The molecule has 15 heavy (non-hydrogen) atoms. The van der Waals surface area contributed by atoms with Crippen molar-refractivity contribution >= 4 is 0 Å². The average Bonchev–Trinajstić information content (AvgIpc) is 2.71. The van der Waals surface area contributed by atoms with Crippen molar-refractivity contribution in [2.45, 2.75) is 53.4 Å².